The van der Waals surface area contributed by atoms with Crippen LogP contribution in [0, 0.1) is 10.1 Å². The number of carbonyl (C=O) groups is 1. The van der Waals surface area contributed by atoms with E-state index in [1.165, 1.54) is 36.2 Å². The van der Waals surface area contributed by atoms with Crippen LogP contribution in [0.2, 0.25) is 0 Å². The van der Waals surface area contributed by atoms with Crippen LogP contribution in [-0.4, -0.2) is 41.9 Å². The van der Waals surface area contributed by atoms with Gasteiger partial charge in [-0.15, -0.1) is 0 Å². The van der Waals surface area contributed by atoms with Crippen molar-refractivity contribution in [2.45, 2.75) is 12.6 Å². The predicted octanol–water partition coefficient (Wildman–Crippen LogP) is 2.66. The van der Waals surface area contributed by atoms with Gasteiger partial charge in [-0.05, 0) is 19.2 Å². The number of Topliss-reactive ketones (excluding diaryl/α,β-unsaturated/α-hetero) is 1. The number of carbonyl (C=O) groups excluding carboxylic acids is 1. The van der Waals surface area contributed by atoms with E-state index < -0.39 is 17.5 Å². The number of nitro groups is 1. The number of nitro benzene ring substituents is 1. The first kappa shape index (κ1) is 16.1. The Balaban J connectivity index is 2.56. The van der Waals surface area contributed by atoms with Crippen molar-refractivity contribution in [1.29, 1.82) is 0 Å². The van der Waals surface area contributed by atoms with E-state index in [9.17, 15) is 28.1 Å². The summed E-state index contributed by atoms with van der Waals surface area (Å²) in [5.74, 6) is -0.385. The van der Waals surface area contributed by atoms with Crippen molar-refractivity contribution >= 4 is 11.5 Å². The molecule has 0 aliphatic carbocycles. The quantitative estimate of drug-likeness (QED) is 0.459. The van der Waals surface area contributed by atoms with Crippen molar-refractivity contribution in [2.75, 3.05) is 20.1 Å². The van der Waals surface area contributed by atoms with Crippen molar-refractivity contribution in [3.63, 3.8) is 0 Å². The molecular weight excluding hydrogens is 277 g/mol. The molecule has 0 unspecified atom stereocenters. The fraction of sp³-hybridized carbons (Fsp3) is 0.417. The molecule has 0 atom stereocenters. The molecule has 8 heteroatoms. The van der Waals surface area contributed by atoms with E-state index in [1.54, 1.807) is 0 Å². The molecule has 0 saturated carbocycles. The highest BCUT2D eigenvalue weighted by Crippen LogP contribution is 2.19. The Bertz CT molecular complexity index is 486. The molecule has 1 aromatic rings. The summed E-state index contributed by atoms with van der Waals surface area (Å²) in [6, 6.07) is 4.95. The van der Waals surface area contributed by atoms with Crippen LogP contribution < -0.4 is 0 Å². The van der Waals surface area contributed by atoms with Crippen molar-refractivity contribution in [2.24, 2.45) is 0 Å². The van der Waals surface area contributed by atoms with Crippen molar-refractivity contribution in [3.8, 4) is 0 Å². The van der Waals surface area contributed by atoms with Gasteiger partial charge in [-0.25, -0.2) is 0 Å². The predicted molar refractivity (Wildman–Crippen MR) is 65.6 cm³/mol. The summed E-state index contributed by atoms with van der Waals surface area (Å²) in [7, 11) is 1.41. The number of benzene rings is 1. The van der Waals surface area contributed by atoms with Gasteiger partial charge in [0.1, 0.15) is 0 Å². The highest BCUT2D eigenvalue weighted by molar-refractivity contribution is 5.97. The molecule has 0 N–H and O–H groups in total. The number of nitrogens with zero attached hydrogens (tertiary/aromatic N) is 2. The lowest BCUT2D eigenvalue weighted by molar-refractivity contribution is -0.384. The topological polar surface area (TPSA) is 63.5 Å². The molecule has 20 heavy (non-hydrogen) atoms. The third-order valence-electron chi connectivity index (χ3n) is 2.59. The number of rotatable bonds is 6. The fourth-order valence-corrected chi connectivity index (χ4v) is 1.50. The zero-order valence-corrected chi connectivity index (χ0v) is 10.7. The van der Waals surface area contributed by atoms with Crippen LogP contribution in [0.5, 0.6) is 0 Å². The number of hydrogen-bond acceptors (Lipinski definition) is 4. The number of likely N-dealkylation sites (N-methyl/N-ethyl adjacent to an activating group) is 1. The molecule has 1 aromatic carbocycles. The molecular formula is C12H13F3N2O3. The standard InChI is InChI=1S/C12H13F3N2O3/c1-16(7-6-12(13,14)15)8-11(18)9-2-4-10(5-3-9)17(19)20/h2-5H,6-8H2,1H3. The van der Waals surface area contributed by atoms with Crippen LogP contribution in [0.4, 0.5) is 18.9 Å². The lowest BCUT2D eigenvalue weighted by Crippen LogP contribution is -2.29. The lowest BCUT2D eigenvalue weighted by atomic mass is 10.1. The molecule has 0 bridgehead atoms. The Labute approximate surface area is 113 Å². The summed E-state index contributed by atoms with van der Waals surface area (Å²) in [4.78, 5) is 22.9. The molecule has 5 nitrogen and oxygen atoms in total. The zero-order chi connectivity index (χ0) is 15.3. The molecule has 0 aliphatic rings. The van der Waals surface area contributed by atoms with Gasteiger partial charge in [-0.2, -0.15) is 13.2 Å². The summed E-state index contributed by atoms with van der Waals surface area (Å²) in [6.07, 6.45) is -5.25. The van der Waals surface area contributed by atoms with Gasteiger partial charge in [0.2, 0.25) is 0 Å². The first-order valence-electron chi connectivity index (χ1n) is 5.72. The normalized spacial score (nSPS) is 11.7. The molecule has 1 rings (SSSR count). The second-order valence-electron chi connectivity index (χ2n) is 4.33. The van der Waals surface area contributed by atoms with Gasteiger partial charge in [-0.3, -0.25) is 19.8 Å². The summed E-state index contributed by atoms with van der Waals surface area (Å²) in [5, 5.41) is 10.4. The largest absolute Gasteiger partial charge is 0.390 e. The van der Waals surface area contributed by atoms with Crippen LogP contribution in [0.1, 0.15) is 16.8 Å². The van der Waals surface area contributed by atoms with Gasteiger partial charge in [0.15, 0.2) is 5.78 Å². The number of halogens is 3. The third-order valence-corrected chi connectivity index (χ3v) is 2.59. The Morgan fingerprint density at radius 3 is 2.30 bits per heavy atom. The van der Waals surface area contributed by atoms with Crippen molar-refractivity contribution in [3.05, 3.63) is 39.9 Å². The minimum atomic E-state index is -4.26. The average Bonchev–Trinajstić information content (AvgIpc) is 2.35. The maximum absolute atomic E-state index is 12.0. The van der Waals surface area contributed by atoms with Crippen LogP contribution in [0.25, 0.3) is 0 Å². The monoisotopic (exact) mass is 290 g/mol. The van der Waals surface area contributed by atoms with Crippen LogP contribution >= 0.6 is 0 Å². The smallest absolute Gasteiger partial charge is 0.299 e. The second kappa shape index (κ2) is 6.47. The van der Waals surface area contributed by atoms with E-state index in [1.807, 2.05) is 0 Å². The van der Waals surface area contributed by atoms with Crippen molar-refractivity contribution in [1.82, 2.24) is 4.90 Å². The van der Waals surface area contributed by atoms with Gasteiger partial charge < -0.3 is 0 Å². The highest BCUT2D eigenvalue weighted by atomic mass is 19.4. The first-order valence-corrected chi connectivity index (χ1v) is 5.72. The first-order chi connectivity index (χ1) is 9.19. The second-order valence-corrected chi connectivity index (χ2v) is 4.33. The molecule has 0 fully saturated rings. The van der Waals surface area contributed by atoms with Crippen LogP contribution in [-0.2, 0) is 0 Å². The van der Waals surface area contributed by atoms with E-state index in [2.05, 4.69) is 0 Å². The number of hydrogen-bond donors (Lipinski definition) is 0. The molecule has 0 aliphatic heterocycles. The maximum atomic E-state index is 12.0. The fourth-order valence-electron chi connectivity index (χ4n) is 1.50. The molecule has 0 aromatic heterocycles. The van der Waals surface area contributed by atoms with Gasteiger partial charge in [0.05, 0.1) is 17.9 Å². The number of ketones is 1. The van der Waals surface area contributed by atoms with Crippen LogP contribution in [0.15, 0.2) is 24.3 Å². The summed E-state index contributed by atoms with van der Waals surface area (Å²) in [5.41, 5.74) is 0.0847. The Kier molecular flexibility index (Phi) is 5.20. The highest BCUT2D eigenvalue weighted by Gasteiger charge is 2.27. The maximum Gasteiger partial charge on any atom is 0.390 e. The zero-order valence-electron chi connectivity index (χ0n) is 10.7. The Morgan fingerprint density at radius 1 is 1.30 bits per heavy atom. The lowest BCUT2D eigenvalue weighted by Gasteiger charge is -2.16. The molecule has 0 saturated heterocycles. The Morgan fingerprint density at radius 2 is 1.85 bits per heavy atom. The third kappa shape index (κ3) is 5.35. The number of non-ortho nitro benzene ring substituents is 1. The molecule has 0 radical (unpaired) electrons. The van der Waals surface area contributed by atoms with E-state index in [0.29, 0.717) is 0 Å². The Hall–Kier alpha value is -1.96. The molecule has 110 valence electrons. The summed E-state index contributed by atoms with van der Waals surface area (Å²) >= 11 is 0. The summed E-state index contributed by atoms with van der Waals surface area (Å²) < 4.78 is 36.1. The minimum Gasteiger partial charge on any atom is -0.299 e. The molecule has 0 amide bonds. The minimum absolute atomic E-state index is 0.146. The van der Waals surface area contributed by atoms with Crippen molar-refractivity contribution < 1.29 is 22.9 Å². The average molecular weight is 290 g/mol. The molecule has 0 heterocycles. The van der Waals surface area contributed by atoms with E-state index >= 15 is 0 Å². The van der Waals surface area contributed by atoms with Gasteiger partial charge in [-0.1, -0.05) is 0 Å². The number of alkyl halides is 3. The SMILES string of the molecule is CN(CCC(F)(F)F)CC(=O)c1ccc([N+](=O)[O-])cc1. The van der Waals surface area contributed by atoms with Gasteiger partial charge in [0, 0.05) is 24.2 Å². The van der Waals surface area contributed by atoms with E-state index in [-0.39, 0.29) is 30.1 Å². The van der Waals surface area contributed by atoms with Crippen LogP contribution in [0.3, 0.4) is 0 Å². The van der Waals surface area contributed by atoms with E-state index in [0.717, 1.165) is 0 Å². The van der Waals surface area contributed by atoms with E-state index in [4.69, 9.17) is 0 Å². The summed E-state index contributed by atoms with van der Waals surface area (Å²) in [6.45, 7) is -0.448. The van der Waals surface area contributed by atoms with Gasteiger partial charge in [0.25, 0.3) is 5.69 Å². The van der Waals surface area contributed by atoms with Gasteiger partial charge >= 0.3 is 6.18 Å². The molecule has 0 spiro atoms.